The standard InChI is InChI=1S/C23H13ClF7N5O2/c24-13-2-1-10(25)6-12(13)16-14-17-15(22(27,28)7-36(17)21(38)33-16)18(32)34-19(14)35-20(37)8-3-9(23(29,30)31)5-11(26)4-8/h1-6,16H,7H2,(H,33,38)(H3,32,34,35,37). The second-order valence-corrected chi connectivity index (χ2v) is 8.91. The summed E-state index contributed by atoms with van der Waals surface area (Å²) in [7, 11) is 0. The Balaban J connectivity index is 1.70. The van der Waals surface area contributed by atoms with Crippen molar-refractivity contribution in [2.75, 3.05) is 22.5 Å². The molecule has 198 valence electrons. The highest BCUT2D eigenvalue weighted by Gasteiger charge is 2.53. The lowest BCUT2D eigenvalue weighted by atomic mass is 9.93. The van der Waals surface area contributed by atoms with Crippen LogP contribution in [0.4, 0.5) is 52.9 Å². The van der Waals surface area contributed by atoms with Gasteiger partial charge in [0.1, 0.15) is 23.3 Å². The van der Waals surface area contributed by atoms with Crippen molar-refractivity contribution < 1.29 is 40.3 Å². The third kappa shape index (κ3) is 4.14. The van der Waals surface area contributed by atoms with Crippen LogP contribution in [0.15, 0.2) is 36.4 Å². The van der Waals surface area contributed by atoms with E-state index in [0.717, 1.165) is 18.2 Å². The van der Waals surface area contributed by atoms with Crippen LogP contribution >= 0.6 is 11.6 Å². The van der Waals surface area contributed by atoms with Gasteiger partial charge in [-0.15, -0.1) is 0 Å². The number of urea groups is 1. The molecule has 2 aliphatic rings. The number of nitrogens with zero attached hydrogens (tertiary/aromatic N) is 2. The summed E-state index contributed by atoms with van der Waals surface area (Å²) in [4.78, 5) is 30.2. The molecule has 0 bridgehead atoms. The average Bonchev–Trinajstić information content (AvgIpc) is 3.10. The number of hydrogen-bond donors (Lipinski definition) is 3. The van der Waals surface area contributed by atoms with E-state index < -0.39 is 82.3 Å². The van der Waals surface area contributed by atoms with Gasteiger partial charge in [0.15, 0.2) is 0 Å². The van der Waals surface area contributed by atoms with E-state index in [1.165, 1.54) is 0 Å². The zero-order chi connectivity index (χ0) is 27.7. The maximum Gasteiger partial charge on any atom is 0.416 e. The molecule has 3 heterocycles. The molecule has 15 heteroatoms. The van der Waals surface area contributed by atoms with E-state index in [1.807, 2.05) is 0 Å². The van der Waals surface area contributed by atoms with Crippen LogP contribution in [0.3, 0.4) is 0 Å². The van der Waals surface area contributed by atoms with Gasteiger partial charge in [0, 0.05) is 21.7 Å². The molecule has 0 spiro atoms. The number of pyridine rings is 1. The Bertz CT molecular complexity index is 1530. The average molecular weight is 560 g/mol. The minimum Gasteiger partial charge on any atom is -0.383 e. The van der Waals surface area contributed by atoms with Gasteiger partial charge < -0.3 is 16.4 Å². The van der Waals surface area contributed by atoms with Crippen LogP contribution in [0.2, 0.25) is 5.02 Å². The molecule has 0 aliphatic carbocycles. The minimum absolute atomic E-state index is 0.0855. The molecule has 5 rings (SSSR count). The number of carbonyl (C=O) groups is 2. The quantitative estimate of drug-likeness (QED) is 0.364. The van der Waals surface area contributed by atoms with E-state index in [9.17, 15) is 40.3 Å². The van der Waals surface area contributed by atoms with Gasteiger partial charge in [-0.1, -0.05) is 11.6 Å². The summed E-state index contributed by atoms with van der Waals surface area (Å²) in [6.07, 6.45) is -4.98. The van der Waals surface area contributed by atoms with Crippen molar-refractivity contribution >= 4 is 40.9 Å². The Morgan fingerprint density at radius 1 is 1.16 bits per heavy atom. The van der Waals surface area contributed by atoms with Crippen molar-refractivity contribution in [1.82, 2.24) is 10.3 Å². The van der Waals surface area contributed by atoms with Gasteiger partial charge in [-0.25, -0.2) is 18.6 Å². The van der Waals surface area contributed by atoms with Crippen molar-refractivity contribution in [1.29, 1.82) is 0 Å². The highest BCUT2D eigenvalue weighted by atomic mass is 35.5. The van der Waals surface area contributed by atoms with Crippen LogP contribution in [-0.4, -0.2) is 23.5 Å². The summed E-state index contributed by atoms with van der Waals surface area (Å²) < 4.78 is 97.2. The normalized spacial score (nSPS) is 17.7. The van der Waals surface area contributed by atoms with Gasteiger partial charge in [-0.2, -0.15) is 22.0 Å². The molecular weight excluding hydrogens is 547 g/mol. The first-order valence-electron chi connectivity index (χ1n) is 10.6. The van der Waals surface area contributed by atoms with E-state index in [0.29, 0.717) is 17.0 Å². The molecule has 38 heavy (non-hydrogen) atoms. The van der Waals surface area contributed by atoms with Crippen molar-refractivity contribution in [3.05, 3.63) is 80.9 Å². The predicted molar refractivity (Wildman–Crippen MR) is 121 cm³/mol. The van der Waals surface area contributed by atoms with E-state index in [-0.39, 0.29) is 22.2 Å². The maximum absolute atomic E-state index is 14.9. The van der Waals surface area contributed by atoms with E-state index in [1.54, 1.807) is 0 Å². The van der Waals surface area contributed by atoms with Crippen LogP contribution in [-0.2, 0) is 12.1 Å². The number of amides is 3. The Hall–Kier alpha value is -4.07. The molecule has 0 saturated carbocycles. The molecule has 0 radical (unpaired) electrons. The number of anilines is 3. The zero-order valence-corrected chi connectivity index (χ0v) is 19.3. The summed E-state index contributed by atoms with van der Waals surface area (Å²) in [5, 5.41) is 4.48. The minimum atomic E-state index is -4.98. The highest BCUT2D eigenvalue weighted by molar-refractivity contribution is 6.31. The largest absolute Gasteiger partial charge is 0.416 e. The predicted octanol–water partition coefficient (Wildman–Crippen LogP) is 5.59. The van der Waals surface area contributed by atoms with Crippen LogP contribution in [0.5, 0.6) is 0 Å². The Morgan fingerprint density at radius 3 is 2.55 bits per heavy atom. The number of alkyl halides is 5. The number of nitrogens with two attached hydrogens (primary N) is 1. The third-order valence-electron chi connectivity index (χ3n) is 6.02. The van der Waals surface area contributed by atoms with E-state index in [4.69, 9.17) is 17.3 Å². The SMILES string of the molecule is Nc1nc(NC(=O)c2cc(F)cc(C(F)(F)F)c2)c2c3c1C(F)(F)CN3C(=O)NC2c1cc(F)ccc1Cl. The summed E-state index contributed by atoms with van der Waals surface area (Å²) in [5.74, 6) is -8.44. The second-order valence-electron chi connectivity index (χ2n) is 8.50. The molecule has 7 nitrogen and oxygen atoms in total. The van der Waals surface area contributed by atoms with Gasteiger partial charge >= 0.3 is 12.2 Å². The molecule has 1 aromatic heterocycles. The monoisotopic (exact) mass is 559 g/mol. The second kappa shape index (κ2) is 8.48. The lowest BCUT2D eigenvalue weighted by Crippen LogP contribution is -2.47. The maximum atomic E-state index is 14.9. The molecular formula is C23H13ClF7N5O2. The lowest BCUT2D eigenvalue weighted by molar-refractivity contribution is -0.137. The van der Waals surface area contributed by atoms with Crippen LogP contribution in [0.1, 0.15) is 38.7 Å². The van der Waals surface area contributed by atoms with Crippen LogP contribution in [0.25, 0.3) is 0 Å². The van der Waals surface area contributed by atoms with E-state index in [2.05, 4.69) is 15.6 Å². The highest BCUT2D eigenvalue weighted by Crippen LogP contribution is 2.53. The van der Waals surface area contributed by atoms with Crippen LogP contribution in [0, 0.1) is 11.6 Å². The summed E-state index contributed by atoms with van der Waals surface area (Å²) in [6.45, 7) is -1.13. The zero-order valence-electron chi connectivity index (χ0n) is 18.6. The molecule has 0 saturated heterocycles. The third-order valence-corrected chi connectivity index (χ3v) is 6.36. The number of nitrogens with one attached hydrogen (secondary N) is 2. The van der Waals surface area contributed by atoms with Gasteiger partial charge in [0.2, 0.25) is 0 Å². The van der Waals surface area contributed by atoms with Gasteiger partial charge in [-0.3, -0.25) is 9.69 Å². The molecule has 0 fully saturated rings. The summed E-state index contributed by atoms with van der Waals surface area (Å²) >= 11 is 6.19. The van der Waals surface area contributed by atoms with Crippen molar-refractivity contribution in [3.8, 4) is 0 Å². The van der Waals surface area contributed by atoms with E-state index >= 15 is 0 Å². The summed E-state index contributed by atoms with van der Waals surface area (Å²) in [6, 6.07) is 1.72. The first-order chi connectivity index (χ1) is 17.7. The molecule has 2 aromatic carbocycles. The summed E-state index contributed by atoms with van der Waals surface area (Å²) in [5.41, 5.74) is 1.91. The number of rotatable bonds is 3. The number of carbonyl (C=O) groups excluding carboxylic acids is 2. The number of nitrogen functional groups attached to an aromatic ring is 1. The van der Waals surface area contributed by atoms with Gasteiger partial charge in [0.05, 0.1) is 29.4 Å². The molecule has 3 aromatic rings. The number of aromatic nitrogens is 1. The van der Waals surface area contributed by atoms with Crippen molar-refractivity contribution in [2.24, 2.45) is 0 Å². The first-order valence-corrected chi connectivity index (χ1v) is 11.0. The molecule has 4 N–H and O–H groups in total. The fourth-order valence-electron chi connectivity index (χ4n) is 4.45. The Kier molecular flexibility index (Phi) is 5.71. The molecule has 1 unspecified atom stereocenters. The van der Waals surface area contributed by atoms with Gasteiger partial charge in [0.25, 0.3) is 11.8 Å². The van der Waals surface area contributed by atoms with Gasteiger partial charge in [-0.05, 0) is 36.4 Å². The molecule has 3 amide bonds. The Morgan fingerprint density at radius 2 is 1.87 bits per heavy atom. The fourth-order valence-corrected chi connectivity index (χ4v) is 4.68. The smallest absolute Gasteiger partial charge is 0.383 e. The lowest BCUT2D eigenvalue weighted by Gasteiger charge is -2.34. The first kappa shape index (κ1) is 25.6. The fraction of sp³-hybridized carbons (Fsp3) is 0.174. The Labute approximate surface area is 213 Å². The molecule has 2 aliphatic heterocycles. The molecule has 1 atom stereocenters. The van der Waals surface area contributed by atoms with Crippen molar-refractivity contribution in [2.45, 2.75) is 18.1 Å². The topological polar surface area (TPSA) is 100 Å². The van der Waals surface area contributed by atoms with Crippen LogP contribution < -0.4 is 21.3 Å². The van der Waals surface area contributed by atoms with Crippen molar-refractivity contribution in [3.63, 3.8) is 0 Å². The number of benzene rings is 2. The number of hydrogen-bond acceptors (Lipinski definition) is 4. The number of halogens is 8.